The molecule has 0 atom stereocenters. The maximum absolute atomic E-state index is 11.2. The number of carbonyl (C=O) groups excluding carboxylic acids is 1. The van der Waals surface area contributed by atoms with E-state index in [1.54, 1.807) is 6.92 Å². The molecule has 0 bridgehead atoms. The molecule has 16 heavy (non-hydrogen) atoms. The van der Waals surface area contributed by atoms with Crippen LogP contribution in [-0.4, -0.2) is 27.7 Å². The fourth-order valence-corrected chi connectivity index (χ4v) is 0.920. The third-order valence-corrected chi connectivity index (χ3v) is 1.58. The van der Waals surface area contributed by atoms with Crippen LogP contribution in [0.5, 0.6) is 5.88 Å². The molecule has 6 nitrogen and oxygen atoms in total. The fourth-order valence-electron chi connectivity index (χ4n) is 0.920. The van der Waals surface area contributed by atoms with Gasteiger partial charge in [0.25, 0.3) is 5.56 Å². The number of aromatic amines is 1. The van der Waals surface area contributed by atoms with E-state index in [-0.39, 0.29) is 18.6 Å². The number of hydrogen-bond acceptors (Lipinski definition) is 5. The Morgan fingerprint density at radius 1 is 1.69 bits per heavy atom. The zero-order chi connectivity index (χ0) is 12.0. The third kappa shape index (κ3) is 3.13. The summed E-state index contributed by atoms with van der Waals surface area (Å²) in [5.74, 6) is 3.85. The van der Waals surface area contributed by atoms with Gasteiger partial charge in [0, 0.05) is 0 Å². The van der Waals surface area contributed by atoms with Crippen LogP contribution in [0.4, 0.5) is 0 Å². The summed E-state index contributed by atoms with van der Waals surface area (Å²) in [5.41, 5.74) is -0.712. The van der Waals surface area contributed by atoms with Gasteiger partial charge in [0.05, 0.1) is 12.9 Å². The number of hydrogen-bond donors (Lipinski definition) is 2. The molecular formula is C10H10N2O4. The summed E-state index contributed by atoms with van der Waals surface area (Å²) < 4.78 is 4.63. The maximum Gasteiger partial charge on any atom is 0.317 e. The molecule has 2 N–H and O–H groups in total. The topological polar surface area (TPSA) is 92.3 Å². The molecule has 0 spiro atoms. The molecule has 6 heteroatoms. The summed E-state index contributed by atoms with van der Waals surface area (Å²) in [6.45, 7) is 1.96. The molecule has 1 rings (SSSR count). The van der Waals surface area contributed by atoms with Gasteiger partial charge in [0.2, 0.25) is 5.88 Å². The van der Waals surface area contributed by atoms with Crippen LogP contribution >= 0.6 is 0 Å². The summed E-state index contributed by atoms with van der Waals surface area (Å²) in [6, 6.07) is 0. The van der Waals surface area contributed by atoms with Crippen molar-refractivity contribution in [1.82, 2.24) is 9.97 Å². The van der Waals surface area contributed by atoms with E-state index in [1.165, 1.54) is 0 Å². The van der Waals surface area contributed by atoms with E-state index in [1.807, 2.05) is 0 Å². The first-order valence-electron chi connectivity index (χ1n) is 4.56. The summed E-state index contributed by atoms with van der Waals surface area (Å²) in [5, 5.41) is 9.21. The first-order valence-corrected chi connectivity index (χ1v) is 4.56. The van der Waals surface area contributed by atoms with E-state index in [0.29, 0.717) is 0 Å². The normalized spacial score (nSPS) is 9.06. The fraction of sp³-hybridized carbons (Fsp3) is 0.300. The average Bonchev–Trinajstić information content (AvgIpc) is 2.23. The van der Waals surface area contributed by atoms with Crippen LogP contribution in [0.15, 0.2) is 11.1 Å². The van der Waals surface area contributed by atoms with Gasteiger partial charge in [0.15, 0.2) is 5.56 Å². The Hall–Kier alpha value is -2.29. The summed E-state index contributed by atoms with van der Waals surface area (Å²) in [7, 11) is 0. The summed E-state index contributed by atoms with van der Waals surface area (Å²) in [4.78, 5) is 27.8. The highest BCUT2D eigenvalue weighted by Crippen LogP contribution is 2.03. The first-order chi connectivity index (χ1) is 7.65. The van der Waals surface area contributed by atoms with Crippen molar-refractivity contribution in [2.45, 2.75) is 13.3 Å². The van der Waals surface area contributed by atoms with Gasteiger partial charge in [-0.15, -0.1) is 0 Å². The van der Waals surface area contributed by atoms with E-state index >= 15 is 0 Å². The van der Waals surface area contributed by atoms with Crippen LogP contribution in [-0.2, 0) is 9.53 Å². The maximum atomic E-state index is 11.2. The van der Waals surface area contributed by atoms with Crippen molar-refractivity contribution in [3.05, 3.63) is 22.2 Å². The van der Waals surface area contributed by atoms with Crippen LogP contribution in [0, 0.1) is 11.8 Å². The first kappa shape index (κ1) is 11.8. The Labute approximate surface area is 91.3 Å². The van der Waals surface area contributed by atoms with E-state index in [0.717, 1.165) is 6.33 Å². The minimum Gasteiger partial charge on any atom is -0.492 e. The summed E-state index contributed by atoms with van der Waals surface area (Å²) in [6.07, 6.45) is 0.926. The number of esters is 1. The molecule has 0 aliphatic heterocycles. The Morgan fingerprint density at radius 2 is 2.44 bits per heavy atom. The molecule has 84 valence electrons. The molecule has 0 fully saturated rings. The second-order valence-electron chi connectivity index (χ2n) is 2.71. The van der Waals surface area contributed by atoms with Crippen molar-refractivity contribution in [2.24, 2.45) is 0 Å². The number of aromatic hydroxyl groups is 1. The zero-order valence-electron chi connectivity index (χ0n) is 8.61. The molecule has 0 radical (unpaired) electrons. The highest BCUT2D eigenvalue weighted by Gasteiger charge is 2.03. The van der Waals surface area contributed by atoms with Gasteiger partial charge in [0.1, 0.15) is 6.42 Å². The lowest BCUT2D eigenvalue weighted by atomic mass is 10.3. The Kier molecular flexibility index (Phi) is 4.09. The second kappa shape index (κ2) is 5.56. The number of nitrogens with one attached hydrogen (secondary N) is 1. The van der Waals surface area contributed by atoms with Gasteiger partial charge >= 0.3 is 5.97 Å². The highest BCUT2D eigenvalue weighted by molar-refractivity contribution is 5.72. The van der Waals surface area contributed by atoms with Crippen molar-refractivity contribution in [1.29, 1.82) is 0 Å². The zero-order valence-corrected chi connectivity index (χ0v) is 8.61. The average molecular weight is 222 g/mol. The van der Waals surface area contributed by atoms with Crippen molar-refractivity contribution >= 4 is 5.97 Å². The standard InChI is InChI=1S/C10H10N2O4/c1-2-16-8(13)5-3-4-7-9(14)11-6-12-10(7)15/h6H,2,5H2,1H3,(H2,11,12,14,15). The van der Waals surface area contributed by atoms with Crippen LogP contribution < -0.4 is 5.56 Å². The van der Waals surface area contributed by atoms with Gasteiger partial charge in [-0.1, -0.05) is 11.8 Å². The third-order valence-electron chi connectivity index (χ3n) is 1.58. The molecule has 1 heterocycles. The molecule has 0 aliphatic carbocycles. The molecule has 0 saturated heterocycles. The van der Waals surface area contributed by atoms with E-state index in [9.17, 15) is 14.7 Å². The van der Waals surface area contributed by atoms with Gasteiger partial charge in [-0.25, -0.2) is 4.98 Å². The Balaban J connectivity index is 2.78. The minimum absolute atomic E-state index is 0.137. The van der Waals surface area contributed by atoms with Crippen molar-refractivity contribution in [2.75, 3.05) is 6.61 Å². The van der Waals surface area contributed by atoms with E-state index < -0.39 is 17.4 Å². The van der Waals surface area contributed by atoms with E-state index in [4.69, 9.17) is 0 Å². The van der Waals surface area contributed by atoms with Crippen molar-refractivity contribution in [3.63, 3.8) is 0 Å². The Morgan fingerprint density at radius 3 is 3.06 bits per heavy atom. The predicted molar refractivity (Wildman–Crippen MR) is 54.7 cm³/mol. The lowest BCUT2D eigenvalue weighted by Gasteiger charge is -1.95. The molecule has 0 aromatic carbocycles. The van der Waals surface area contributed by atoms with Crippen molar-refractivity contribution in [3.8, 4) is 17.7 Å². The number of carbonyl (C=O) groups is 1. The molecule has 0 unspecified atom stereocenters. The summed E-state index contributed by atoms with van der Waals surface area (Å²) >= 11 is 0. The molecule has 0 saturated carbocycles. The number of H-pyrrole nitrogens is 1. The lowest BCUT2D eigenvalue weighted by molar-refractivity contribution is -0.141. The molecule has 1 aromatic heterocycles. The lowest BCUT2D eigenvalue weighted by Crippen LogP contribution is -2.10. The SMILES string of the molecule is CCOC(=O)CC#Cc1c(O)nc[nH]c1=O. The van der Waals surface area contributed by atoms with Crippen molar-refractivity contribution < 1.29 is 14.6 Å². The molecule has 0 aliphatic rings. The van der Waals surface area contributed by atoms with Crippen LogP contribution in [0.3, 0.4) is 0 Å². The smallest absolute Gasteiger partial charge is 0.317 e. The quantitative estimate of drug-likeness (QED) is 0.533. The molecule has 0 amide bonds. The monoisotopic (exact) mass is 222 g/mol. The van der Waals surface area contributed by atoms with Gasteiger partial charge in [-0.05, 0) is 6.92 Å². The van der Waals surface area contributed by atoms with Crippen LogP contribution in [0.2, 0.25) is 0 Å². The molecule has 1 aromatic rings. The van der Waals surface area contributed by atoms with Crippen LogP contribution in [0.1, 0.15) is 18.9 Å². The van der Waals surface area contributed by atoms with Crippen LogP contribution in [0.25, 0.3) is 0 Å². The van der Waals surface area contributed by atoms with Gasteiger partial charge < -0.3 is 14.8 Å². The number of rotatable bonds is 2. The van der Waals surface area contributed by atoms with E-state index in [2.05, 4.69) is 26.5 Å². The second-order valence-corrected chi connectivity index (χ2v) is 2.71. The predicted octanol–water partition coefficient (Wildman–Crippen LogP) is -0.220. The number of nitrogens with zero attached hydrogens (tertiary/aromatic N) is 1. The highest BCUT2D eigenvalue weighted by atomic mass is 16.5. The number of ether oxygens (including phenoxy) is 1. The Bertz CT molecular complexity index is 496. The minimum atomic E-state index is -0.552. The largest absolute Gasteiger partial charge is 0.492 e. The molecular weight excluding hydrogens is 212 g/mol. The van der Waals surface area contributed by atoms with Gasteiger partial charge in [-0.3, -0.25) is 9.59 Å². The number of aromatic nitrogens is 2. The van der Waals surface area contributed by atoms with Gasteiger partial charge in [-0.2, -0.15) is 0 Å².